The normalized spacial score (nSPS) is 19.4. The molecule has 0 radical (unpaired) electrons. The predicted octanol–water partition coefficient (Wildman–Crippen LogP) is 20.1. The summed E-state index contributed by atoms with van der Waals surface area (Å²) in [7, 11) is 3.86. The third kappa shape index (κ3) is 22.0. The van der Waals surface area contributed by atoms with Gasteiger partial charge in [0.1, 0.15) is 28.7 Å². The van der Waals surface area contributed by atoms with Crippen LogP contribution in [0, 0.1) is 39.5 Å². The topological polar surface area (TPSA) is 339 Å². The van der Waals surface area contributed by atoms with Crippen molar-refractivity contribution in [1.82, 2.24) is 59.9 Å². The number of esters is 1. The molecule has 32 heteroatoms. The summed E-state index contributed by atoms with van der Waals surface area (Å²) in [6.45, 7) is 26.2. The second-order valence-electron chi connectivity index (χ2n) is 42.7. The van der Waals surface area contributed by atoms with Gasteiger partial charge in [0, 0.05) is 150 Å². The average Bonchev–Trinajstić information content (AvgIpc) is 1.66. The van der Waals surface area contributed by atoms with Crippen LogP contribution in [0.25, 0.3) is 64.5 Å². The fraction of sp³-hybridized carbons (Fsp3) is 0.407. The molecule has 6 aliphatic heterocycles. The molecular weight excluding hydrogens is 1930 g/mol. The van der Waals surface area contributed by atoms with Crippen molar-refractivity contribution < 1.29 is 57.7 Å². The Bertz CT molecular complexity index is 7490. The molecule has 6 aromatic heterocycles. The summed E-state index contributed by atoms with van der Waals surface area (Å²) in [5.74, 6) is 0.350. The molecule has 30 nitrogen and oxygen atoms in total. The van der Waals surface area contributed by atoms with Gasteiger partial charge in [-0.15, -0.1) is 0 Å². The number of rotatable bonds is 26. The number of nitrogens with one attached hydrogen (secondary N) is 4. The number of carboxylic acid groups (broad SMARTS) is 1. The first kappa shape index (κ1) is 102. The van der Waals surface area contributed by atoms with Gasteiger partial charge in [-0.2, -0.15) is 10.2 Å². The van der Waals surface area contributed by atoms with Gasteiger partial charge >= 0.3 is 11.9 Å². The van der Waals surface area contributed by atoms with E-state index in [9.17, 15) is 43.5 Å². The molecule has 2 atom stereocenters. The molecule has 150 heavy (non-hydrogen) atoms. The van der Waals surface area contributed by atoms with Crippen LogP contribution >= 0.6 is 22.7 Å². The SMILES string of the molecule is Cc1cc2c(C3CCC(=O)NC3=O)nn(C)c2cc1N1CCN(CCCC2CCC(Oc3cccc(-c4ccc(N5CCc6cccc(C(=O)Nc7nc8ccccc8s7)c6C5)nc4C(=O)O)c3C)CC2)CC1.Cc1cc2c(C3CCC(=O)NC3=O)nn(C)c2cc1N1CCN(CCCC2CCC(Oc3cccc(-c4ccc(N5CCc6cccc(C(=O)Nc7nc8ccccc8s7)c6C5)nc4C(=O)OC(C)(C)C)c3C)CC2)CC1. The number of benzene rings is 8. The van der Waals surface area contributed by atoms with E-state index < -0.39 is 29.4 Å². The average molecular weight is 2060 g/mol. The highest BCUT2D eigenvalue weighted by molar-refractivity contribution is 7.22. The zero-order valence-corrected chi connectivity index (χ0v) is 88.4. The fourth-order valence-corrected chi connectivity index (χ4v) is 25.3. The third-order valence-corrected chi connectivity index (χ3v) is 33.6. The van der Waals surface area contributed by atoms with E-state index in [4.69, 9.17) is 34.4 Å². The van der Waals surface area contributed by atoms with Crippen molar-refractivity contribution in [2.75, 3.05) is 109 Å². The van der Waals surface area contributed by atoms with E-state index >= 15 is 0 Å². The third-order valence-electron chi connectivity index (χ3n) is 31.7. The van der Waals surface area contributed by atoms with Gasteiger partial charge in [-0.25, -0.2) is 29.5 Å². The summed E-state index contributed by atoms with van der Waals surface area (Å²) in [6.07, 6.45) is 16.6. The number of hydrogen-bond donors (Lipinski definition) is 5. The molecule has 776 valence electrons. The van der Waals surface area contributed by atoms with E-state index in [-0.39, 0.29) is 59.0 Å². The van der Waals surface area contributed by atoms with Crippen molar-refractivity contribution in [3.63, 3.8) is 0 Å². The van der Waals surface area contributed by atoms with Crippen LogP contribution in [0.15, 0.2) is 170 Å². The van der Waals surface area contributed by atoms with Crippen LogP contribution in [0.5, 0.6) is 11.5 Å². The van der Waals surface area contributed by atoms with E-state index in [0.717, 1.165) is 226 Å². The number of piperidine rings is 2. The van der Waals surface area contributed by atoms with Crippen LogP contribution in [0.2, 0.25) is 0 Å². The Balaban J connectivity index is 0.000000175. The largest absolute Gasteiger partial charge is 0.490 e. The minimum Gasteiger partial charge on any atom is -0.490 e. The maximum absolute atomic E-state index is 14.1. The number of para-hydroxylation sites is 2. The summed E-state index contributed by atoms with van der Waals surface area (Å²) in [4.78, 5) is 137. The second-order valence-corrected chi connectivity index (χ2v) is 44.8. The molecule has 4 saturated heterocycles. The summed E-state index contributed by atoms with van der Waals surface area (Å²) < 4.78 is 25.3. The number of carboxylic acids is 1. The highest BCUT2D eigenvalue weighted by Gasteiger charge is 2.39. The molecule has 14 aromatic rings. The van der Waals surface area contributed by atoms with Gasteiger partial charge in [-0.05, 0) is 329 Å². The Kier molecular flexibility index (Phi) is 29.6. The van der Waals surface area contributed by atoms with Gasteiger partial charge in [0.15, 0.2) is 21.7 Å². The summed E-state index contributed by atoms with van der Waals surface area (Å²) in [5, 5.41) is 34.2. The molecule has 8 aliphatic rings. The molecule has 6 fully saturated rings. The Morgan fingerprint density at radius 1 is 0.447 bits per heavy atom. The van der Waals surface area contributed by atoms with Crippen molar-refractivity contribution in [3.8, 4) is 33.8 Å². The summed E-state index contributed by atoms with van der Waals surface area (Å²) >= 11 is 2.89. The number of thiazole rings is 2. The Hall–Kier alpha value is -14.3. The number of pyridine rings is 2. The first-order valence-electron chi connectivity index (χ1n) is 53.2. The standard InChI is InChI=1S/C61H69N9O6S.C57H61N9O6S/c1-37-34-46-50(67(6)66-55(46)45-24-26-54(71)64-58(45)73)35-49(37)69-32-30-68(31-33-69)28-11-12-39-19-21-41(22-20-39)75-51-17-10-14-42(38(51)2)43-23-25-53(63-56(43)59(74)76-61(3,4)5)70-29-27-40-13-9-15-44(47(40)36-70)57(72)65-60-62-48-16-7-8-18-52(48)77-60;1-34-31-43-47(63(3)62-52(43)42-21-23-51(67)60-55(42)69)32-46(34)65-29-27-64(28-30-65)25-8-9-36-16-18-38(19-17-36)72-48-14-7-11-39(35(48)2)40-20-22-50(59-53(40)56(70)71)66-26-24-37-10-6-12-41(44(37)33-66)54(68)61-57-58-45-13-4-5-15-49(45)73-57/h7-10,13-18,23,25,34-35,39,41,45H,11-12,19-22,24,26-33,36H2,1-6H3,(H,62,65,72)(H,64,71,73);4-7,10-15,20,22,31-32,36,38,42H,8-9,16-19,21,23-30,33H2,1-3H3,(H,70,71)(H,58,61,68)(H,60,67,69). The van der Waals surface area contributed by atoms with E-state index in [1.165, 1.54) is 70.9 Å². The maximum Gasteiger partial charge on any atom is 0.358 e. The number of imide groups is 2. The molecule has 8 aromatic carbocycles. The molecule has 6 amide bonds. The van der Waals surface area contributed by atoms with E-state index in [1.54, 1.807) is 0 Å². The molecule has 22 rings (SSSR count). The molecular formula is C118H130N18O12S2. The maximum atomic E-state index is 14.1. The van der Waals surface area contributed by atoms with Gasteiger partial charge in [-0.3, -0.25) is 69.2 Å². The van der Waals surface area contributed by atoms with Crippen molar-refractivity contribution in [3.05, 3.63) is 248 Å². The van der Waals surface area contributed by atoms with Crippen LogP contribution in [0.4, 0.5) is 33.3 Å². The van der Waals surface area contributed by atoms with Gasteiger partial charge in [0.05, 0.1) is 66.9 Å². The molecule has 12 heterocycles. The molecule has 5 N–H and O–H groups in total. The zero-order valence-electron chi connectivity index (χ0n) is 86.8. The lowest BCUT2D eigenvalue weighted by Crippen LogP contribution is -2.46. The number of piperazine rings is 2. The number of aromatic nitrogens is 8. The van der Waals surface area contributed by atoms with Crippen LogP contribution in [-0.2, 0) is 63.9 Å². The minimum atomic E-state index is -1.10. The smallest absolute Gasteiger partial charge is 0.358 e. The fourth-order valence-electron chi connectivity index (χ4n) is 23.6. The summed E-state index contributed by atoms with van der Waals surface area (Å²) in [6, 6.07) is 55.7. The Morgan fingerprint density at radius 2 is 0.867 bits per heavy atom. The lowest BCUT2D eigenvalue weighted by atomic mass is 9.84. The predicted molar refractivity (Wildman–Crippen MR) is 588 cm³/mol. The van der Waals surface area contributed by atoms with Gasteiger partial charge in [0.25, 0.3) is 11.8 Å². The van der Waals surface area contributed by atoms with Crippen LogP contribution in [0.3, 0.4) is 0 Å². The van der Waals surface area contributed by atoms with Crippen LogP contribution < -0.4 is 50.3 Å². The van der Waals surface area contributed by atoms with Crippen molar-refractivity contribution in [2.45, 2.75) is 207 Å². The monoisotopic (exact) mass is 2050 g/mol. The number of carbonyl (C=O) groups is 8. The molecule has 2 unspecified atom stereocenters. The first-order chi connectivity index (χ1) is 72.5. The number of ether oxygens (including phenoxy) is 3. The lowest BCUT2D eigenvalue weighted by molar-refractivity contribution is -0.135. The van der Waals surface area contributed by atoms with Crippen molar-refractivity contribution >= 4 is 146 Å². The number of fused-ring (bicyclic) bond motifs is 6. The van der Waals surface area contributed by atoms with E-state index in [2.05, 4.69) is 107 Å². The van der Waals surface area contributed by atoms with Gasteiger partial charge in [0.2, 0.25) is 23.6 Å². The number of aromatic carboxylic acids is 1. The zero-order chi connectivity index (χ0) is 104. The number of aryl methyl sites for hydroxylation is 4. The van der Waals surface area contributed by atoms with E-state index in [0.29, 0.717) is 121 Å². The Morgan fingerprint density at radius 3 is 1.29 bits per heavy atom. The first-order valence-corrected chi connectivity index (χ1v) is 54.8. The van der Waals surface area contributed by atoms with Gasteiger partial charge < -0.3 is 38.9 Å². The molecule has 2 saturated carbocycles. The molecule has 0 spiro atoms. The van der Waals surface area contributed by atoms with Crippen molar-refractivity contribution in [1.29, 1.82) is 0 Å². The van der Waals surface area contributed by atoms with Gasteiger partial charge in [-0.1, -0.05) is 95.5 Å². The lowest BCUT2D eigenvalue weighted by Gasteiger charge is -2.37. The van der Waals surface area contributed by atoms with Crippen LogP contribution in [-0.4, -0.2) is 198 Å². The number of anilines is 6. The number of amides is 6. The van der Waals surface area contributed by atoms with E-state index in [1.807, 2.05) is 196 Å². The van der Waals surface area contributed by atoms with Crippen molar-refractivity contribution in [2.24, 2.45) is 25.9 Å². The molecule has 2 aliphatic carbocycles. The highest BCUT2D eigenvalue weighted by Crippen LogP contribution is 2.45. The quantitative estimate of drug-likeness (QED) is 0.0248. The second kappa shape index (κ2) is 43.7. The Labute approximate surface area is 881 Å². The summed E-state index contributed by atoms with van der Waals surface area (Å²) in [5.41, 5.74) is 19.4. The minimum absolute atomic E-state index is 0.0194. The number of hydrogen-bond acceptors (Lipinski definition) is 25. The molecule has 0 bridgehead atoms. The number of nitrogens with zero attached hydrogens (tertiary/aromatic N) is 14. The van der Waals surface area contributed by atoms with Crippen LogP contribution in [0.1, 0.15) is 233 Å². The highest BCUT2D eigenvalue weighted by atomic mass is 32.1. The number of carbonyl (C=O) groups excluding carboxylic acids is 7.